The van der Waals surface area contributed by atoms with Crippen LogP contribution in [0.3, 0.4) is 0 Å². The summed E-state index contributed by atoms with van der Waals surface area (Å²) in [5.41, 5.74) is 0.751. The fourth-order valence-electron chi connectivity index (χ4n) is 2.07. The van der Waals surface area contributed by atoms with Crippen LogP contribution in [-0.4, -0.2) is 23.9 Å². The van der Waals surface area contributed by atoms with Gasteiger partial charge >= 0.3 is 5.97 Å². The predicted molar refractivity (Wildman–Crippen MR) is 88.2 cm³/mol. The molecule has 0 heterocycles. The maximum absolute atomic E-state index is 12.2. The number of non-ortho nitro benzene ring substituents is 1. The third-order valence-corrected chi connectivity index (χ3v) is 3.38. The second-order valence-electron chi connectivity index (χ2n) is 4.83. The number of hydrogen-bond acceptors (Lipinski definition) is 5. The number of amides is 1. The minimum Gasteiger partial charge on any atom is -0.465 e. The first kappa shape index (κ1) is 17.4. The Labute approximate surface area is 142 Å². The van der Waals surface area contributed by atoms with Crippen LogP contribution in [0.5, 0.6) is 0 Å². The summed E-state index contributed by atoms with van der Waals surface area (Å²) in [4.78, 5) is 34.1. The van der Waals surface area contributed by atoms with Crippen molar-refractivity contribution in [1.82, 2.24) is 0 Å². The maximum atomic E-state index is 12.2. The van der Waals surface area contributed by atoms with Crippen molar-refractivity contribution in [3.63, 3.8) is 0 Å². The van der Waals surface area contributed by atoms with E-state index in [0.717, 1.165) is 0 Å². The van der Waals surface area contributed by atoms with E-state index in [2.05, 4.69) is 10.1 Å². The van der Waals surface area contributed by atoms with Gasteiger partial charge in [-0.1, -0.05) is 23.7 Å². The normalized spacial score (nSPS) is 10.1. The van der Waals surface area contributed by atoms with Gasteiger partial charge in [-0.15, -0.1) is 0 Å². The Hall–Kier alpha value is -2.93. The van der Waals surface area contributed by atoms with Crippen LogP contribution >= 0.6 is 11.6 Å². The maximum Gasteiger partial charge on any atom is 0.339 e. The van der Waals surface area contributed by atoms with Crippen LogP contribution in [0.25, 0.3) is 0 Å². The molecule has 0 fully saturated rings. The van der Waals surface area contributed by atoms with Crippen LogP contribution in [0.2, 0.25) is 5.02 Å². The number of benzene rings is 2. The zero-order chi connectivity index (χ0) is 17.7. The zero-order valence-electron chi connectivity index (χ0n) is 12.6. The number of nitro groups is 1. The van der Waals surface area contributed by atoms with Crippen LogP contribution in [-0.2, 0) is 16.0 Å². The van der Waals surface area contributed by atoms with E-state index in [1.54, 1.807) is 6.07 Å². The van der Waals surface area contributed by atoms with Crippen molar-refractivity contribution < 1.29 is 19.2 Å². The van der Waals surface area contributed by atoms with Gasteiger partial charge in [0.05, 0.1) is 29.7 Å². The quantitative estimate of drug-likeness (QED) is 0.508. The van der Waals surface area contributed by atoms with Crippen molar-refractivity contribution in [2.45, 2.75) is 6.42 Å². The number of halogens is 1. The molecule has 8 heteroatoms. The Bertz CT molecular complexity index is 807. The van der Waals surface area contributed by atoms with Gasteiger partial charge in [-0.3, -0.25) is 14.9 Å². The van der Waals surface area contributed by atoms with Gasteiger partial charge < -0.3 is 10.1 Å². The van der Waals surface area contributed by atoms with E-state index in [0.29, 0.717) is 10.6 Å². The second kappa shape index (κ2) is 7.56. The van der Waals surface area contributed by atoms with E-state index >= 15 is 0 Å². The highest BCUT2D eigenvalue weighted by Crippen LogP contribution is 2.22. The van der Waals surface area contributed by atoms with E-state index in [-0.39, 0.29) is 23.4 Å². The van der Waals surface area contributed by atoms with Crippen molar-refractivity contribution in [1.29, 1.82) is 0 Å². The molecule has 2 aromatic carbocycles. The Balaban J connectivity index is 2.18. The molecule has 7 nitrogen and oxygen atoms in total. The number of nitrogens with one attached hydrogen (secondary N) is 1. The summed E-state index contributed by atoms with van der Waals surface area (Å²) >= 11 is 5.89. The smallest absolute Gasteiger partial charge is 0.339 e. The Morgan fingerprint density at radius 1 is 1.25 bits per heavy atom. The van der Waals surface area contributed by atoms with E-state index < -0.39 is 16.8 Å². The first-order valence-electron chi connectivity index (χ1n) is 6.81. The number of carbonyl (C=O) groups is 2. The number of nitrogens with zero attached hydrogens (tertiary/aromatic N) is 1. The van der Waals surface area contributed by atoms with Gasteiger partial charge in [-0.05, 0) is 23.8 Å². The number of ether oxygens (including phenoxy) is 1. The lowest BCUT2D eigenvalue weighted by Crippen LogP contribution is -2.17. The summed E-state index contributed by atoms with van der Waals surface area (Å²) in [5, 5.41) is 13.7. The molecular formula is C16H13ClN2O5. The van der Waals surface area contributed by atoms with E-state index in [1.165, 1.54) is 43.5 Å². The average molecular weight is 349 g/mol. The van der Waals surface area contributed by atoms with Gasteiger partial charge in [-0.25, -0.2) is 4.79 Å². The molecule has 0 aliphatic rings. The van der Waals surface area contributed by atoms with Gasteiger partial charge in [0.25, 0.3) is 5.69 Å². The molecule has 0 aliphatic carbocycles. The van der Waals surface area contributed by atoms with Gasteiger partial charge in [-0.2, -0.15) is 0 Å². The molecule has 0 spiro atoms. The minimum atomic E-state index is -0.614. The summed E-state index contributed by atoms with van der Waals surface area (Å²) in [6.45, 7) is 0. The number of nitro benzene ring substituents is 1. The van der Waals surface area contributed by atoms with Crippen molar-refractivity contribution in [3.8, 4) is 0 Å². The van der Waals surface area contributed by atoms with Gasteiger partial charge in [0.15, 0.2) is 0 Å². The highest BCUT2D eigenvalue weighted by atomic mass is 35.5. The van der Waals surface area contributed by atoms with Crippen LogP contribution in [0.1, 0.15) is 15.9 Å². The first-order valence-corrected chi connectivity index (χ1v) is 7.19. The SMILES string of the molecule is COC(=O)c1ccc(Cl)cc1NC(=O)Cc1cccc([N+](=O)[O-])c1. The van der Waals surface area contributed by atoms with Crippen LogP contribution < -0.4 is 5.32 Å². The number of hydrogen-bond donors (Lipinski definition) is 1. The van der Waals surface area contributed by atoms with Crippen molar-refractivity contribution in [2.24, 2.45) is 0 Å². The molecule has 0 saturated carbocycles. The average Bonchev–Trinajstić information content (AvgIpc) is 2.54. The second-order valence-corrected chi connectivity index (χ2v) is 5.27. The lowest BCUT2D eigenvalue weighted by atomic mass is 10.1. The Kier molecular flexibility index (Phi) is 5.49. The third kappa shape index (κ3) is 4.30. The molecule has 0 unspecified atom stereocenters. The van der Waals surface area contributed by atoms with Gasteiger partial charge in [0, 0.05) is 17.2 Å². The van der Waals surface area contributed by atoms with Crippen molar-refractivity contribution in [2.75, 3.05) is 12.4 Å². The number of anilines is 1. The Morgan fingerprint density at radius 2 is 2.00 bits per heavy atom. The largest absolute Gasteiger partial charge is 0.465 e. The van der Waals surface area contributed by atoms with E-state index in [1.807, 2.05) is 0 Å². The number of carbonyl (C=O) groups excluding carboxylic acids is 2. The molecule has 0 aromatic heterocycles. The lowest BCUT2D eigenvalue weighted by Gasteiger charge is -2.10. The highest BCUT2D eigenvalue weighted by molar-refractivity contribution is 6.31. The summed E-state index contributed by atoms with van der Waals surface area (Å²) in [6, 6.07) is 10.1. The molecule has 2 aromatic rings. The van der Waals surface area contributed by atoms with E-state index in [9.17, 15) is 19.7 Å². The van der Waals surface area contributed by atoms with Gasteiger partial charge in [0.1, 0.15) is 0 Å². The monoisotopic (exact) mass is 348 g/mol. The molecule has 0 atom stereocenters. The van der Waals surface area contributed by atoms with Crippen LogP contribution in [0, 0.1) is 10.1 Å². The standard InChI is InChI=1S/C16H13ClN2O5/c1-24-16(21)13-6-5-11(17)9-14(13)18-15(20)8-10-3-2-4-12(7-10)19(22)23/h2-7,9H,8H2,1H3,(H,18,20). The van der Waals surface area contributed by atoms with Crippen molar-refractivity contribution >= 4 is 34.9 Å². The number of esters is 1. The molecule has 0 bridgehead atoms. The molecular weight excluding hydrogens is 336 g/mol. The van der Waals surface area contributed by atoms with Crippen LogP contribution in [0.4, 0.5) is 11.4 Å². The molecule has 2 rings (SSSR count). The molecule has 1 N–H and O–H groups in total. The summed E-state index contributed by atoms with van der Waals surface area (Å²) in [6.07, 6.45) is -0.0885. The minimum absolute atomic E-state index is 0.0885. The molecule has 0 saturated heterocycles. The molecule has 1 amide bonds. The first-order chi connectivity index (χ1) is 11.4. The predicted octanol–water partition coefficient (Wildman–Crippen LogP) is 3.22. The van der Waals surface area contributed by atoms with Crippen LogP contribution in [0.15, 0.2) is 42.5 Å². The molecule has 124 valence electrons. The highest BCUT2D eigenvalue weighted by Gasteiger charge is 2.15. The van der Waals surface area contributed by atoms with E-state index in [4.69, 9.17) is 11.6 Å². The number of rotatable bonds is 5. The van der Waals surface area contributed by atoms with Gasteiger partial charge in [0.2, 0.25) is 5.91 Å². The van der Waals surface area contributed by atoms with Crippen molar-refractivity contribution in [3.05, 3.63) is 68.7 Å². The lowest BCUT2D eigenvalue weighted by molar-refractivity contribution is -0.384. The summed E-state index contributed by atoms with van der Waals surface area (Å²) < 4.78 is 4.65. The topological polar surface area (TPSA) is 98.5 Å². The molecule has 0 radical (unpaired) electrons. The fraction of sp³-hybridized carbons (Fsp3) is 0.125. The number of methoxy groups -OCH3 is 1. The summed E-state index contributed by atoms with van der Waals surface area (Å²) in [7, 11) is 1.23. The fourth-order valence-corrected chi connectivity index (χ4v) is 2.24. The molecule has 24 heavy (non-hydrogen) atoms. The molecule has 0 aliphatic heterocycles. The third-order valence-electron chi connectivity index (χ3n) is 3.15. The Morgan fingerprint density at radius 3 is 2.67 bits per heavy atom. The summed E-state index contributed by atoms with van der Waals surface area (Å²) in [5.74, 6) is -1.06. The zero-order valence-corrected chi connectivity index (χ0v) is 13.4.